The minimum atomic E-state index is -0.369. The van der Waals surface area contributed by atoms with Crippen molar-refractivity contribution in [2.75, 3.05) is 5.73 Å². The van der Waals surface area contributed by atoms with Crippen LogP contribution in [0, 0.1) is 5.41 Å². The maximum Gasteiger partial charge on any atom is 0.184 e. The number of H-pyrrole nitrogens is 1. The average Bonchev–Trinajstić information content (AvgIpc) is 2.57. The van der Waals surface area contributed by atoms with Crippen LogP contribution >= 0.6 is 0 Å². The molecule has 1 aromatic carbocycles. The number of nitrogens with two attached hydrogens (primary N) is 1. The van der Waals surface area contributed by atoms with Crippen LogP contribution in [0.5, 0.6) is 0 Å². The van der Waals surface area contributed by atoms with Crippen LogP contribution in [0.2, 0.25) is 0 Å². The normalized spacial score (nSPS) is 11.9. The van der Waals surface area contributed by atoms with Gasteiger partial charge in [0.1, 0.15) is 0 Å². The molecule has 84 valence electrons. The highest BCUT2D eigenvalue weighted by molar-refractivity contribution is 6.02. The van der Waals surface area contributed by atoms with Gasteiger partial charge >= 0.3 is 0 Å². The molecule has 0 bridgehead atoms. The quantitative estimate of drug-likeness (QED) is 0.568. The first-order chi connectivity index (χ1) is 7.38. The van der Waals surface area contributed by atoms with Crippen LogP contribution in [0.25, 0.3) is 10.9 Å². The number of nitrogens with one attached hydrogen (secondary N) is 1. The molecule has 3 N–H and O–H groups in total. The summed E-state index contributed by atoms with van der Waals surface area (Å²) < 4.78 is 0. The third-order valence-corrected chi connectivity index (χ3v) is 2.57. The number of aromatic nitrogens is 1. The number of Topliss-reactive ketones (excluding diaryl/α,β-unsaturated/α-hetero) is 1. The number of carbonyl (C=O) groups excluding carboxylic acids is 1. The van der Waals surface area contributed by atoms with Gasteiger partial charge in [0, 0.05) is 22.0 Å². The van der Waals surface area contributed by atoms with Crippen molar-refractivity contribution in [3.8, 4) is 0 Å². The van der Waals surface area contributed by atoms with Gasteiger partial charge in [-0.15, -0.1) is 0 Å². The van der Waals surface area contributed by atoms with Gasteiger partial charge in [-0.1, -0.05) is 20.8 Å². The number of benzene rings is 1. The van der Waals surface area contributed by atoms with Gasteiger partial charge in [0.05, 0.1) is 5.69 Å². The lowest BCUT2D eigenvalue weighted by molar-refractivity contribution is 0.0854. The fraction of sp³-hybridized carbons (Fsp3) is 0.308. The van der Waals surface area contributed by atoms with E-state index in [0.717, 1.165) is 10.9 Å². The summed E-state index contributed by atoms with van der Waals surface area (Å²) in [5.74, 6) is 0.113. The van der Waals surface area contributed by atoms with Crippen molar-refractivity contribution in [1.29, 1.82) is 0 Å². The molecule has 0 spiro atoms. The van der Waals surface area contributed by atoms with Crippen molar-refractivity contribution in [3.05, 3.63) is 30.0 Å². The van der Waals surface area contributed by atoms with Crippen LogP contribution in [-0.4, -0.2) is 10.8 Å². The summed E-state index contributed by atoms with van der Waals surface area (Å²) in [5.41, 5.74) is 7.63. The summed E-state index contributed by atoms with van der Waals surface area (Å²) >= 11 is 0. The fourth-order valence-electron chi connectivity index (χ4n) is 1.68. The summed E-state index contributed by atoms with van der Waals surface area (Å²) in [6.45, 7) is 5.74. The molecule has 0 aliphatic heterocycles. The van der Waals surface area contributed by atoms with Crippen LogP contribution in [0.15, 0.2) is 24.3 Å². The van der Waals surface area contributed by atoms with E-state index in [2.05, 4.69) is 4.98 Å². The molecule has 0 saturated carbocycles. The number of carbonyl (C=O) groups is 1. The molecule has 0 amide bonds. The summed E-state index contributed by atoms with van der Waals surface area (Å²) in [5, 5.41) is 0.979. The molecule has 2 rings (SSSR count). The zero-order valence-electron chi connectivity index (χ0n) is 9.79. The Labute approximate surface area is 94.6 Å². The molecule has 0 fully saturated rings. The number of rotatable bonds is 1. The van der Waals surface area contributed by atoms with Crippen molar-refractivity contribution in [2.45, 2.75) is 20.8 Å². The Morgan fingerprint density at radius 2 is 1.94 bits per heavy atom. The van der Waals surface area contributed by atoms with Crippen LogP contribution < -0.4 is 5.73 Å². The van der Waals surface area contributed by atoms with Crippen LogP contribution in [0.3, 0.4) is 0 Å². The highest BCUT2D eigenvalue weighted by atomic mass is 16.1. The number of ketones is 1. The van der Waals surface area contributed by atoms with E-state index in [4.69, 9.17) is 5.73 Å². The summed E-state index contributed by atoms with van der Waals surface area (Å²) in [7, 11) is 0. The Morgan fingerprint density at radius 1 is 1.25 bits per heavy atom. The third-order valence-electron chi connectivity index (χ3n) is 2.57. The molecule has 0 radical (unpaired) electrons. The molecular weight excluding hydrogens is 200 g/mol. The van der Waals surface area contributed by atoms with Gasteiger partial charge in [-0.2, -0.15) is 0 Å². The van der Waals surface area contributed by atoms with E-state index in [1.165, 1.54) is 0 Å². The number of nitrogen functional groups attached to an aromatic ring is 1. The van der Waals surface area contributed by atoms with Gasteiger partial charge in [-0.3, -0.25) is 4.79 Å². The minimum absolute atomic E-state index is 0.113. The van der Waals surface area contributed by atoms with Crippen molar-refractivity contribution >= 4 is 22.4 Å². The zero-order valence-corrected chi connectivity index (χ0v) is 9.79. The topological polar surface area (TPSA) is 58.9 Å². The van der Waals surface area contributed by atoms with Gasteiger partial charge in [-0.05, 0) is 24.3 Å². The SMILES string of the molecule is CC(C)(C)C(=O)c1cc2cc(N)ccc2[nH]1. The van der Waals surface area contributed by atoms with Gasteiger partial charge < -0.3 is 10.7 Å². The summed E-state index contributed by atoms with van der Waals surface area (Å²) in [4.78, 5) is 15.2. The monoisotopic (exact) mass is 216 g/mol. The molecular formula is C13H16N2O. The number of fused-ring (bicyclic) bond motifs is 1. The molecule has 1 aromatic heterocycles. The molecule has 2 aromatic rings. The molecule has 3 nitrogen and oxygen atoms in total. The van der Waals surface area contributed by atoms with Crippen molar-refractivity contribution in [1.82, 2.24) is 4.98 Å². The van der Waals surface area contributed by atoms with E-state index in [1.807, 2.05) is 45.0 Å². The highest BCUT2D eigenvalue weighted by Gasteiger charge is 2.24. The Balaban J connectivity index is 2.52. The van der Waals surface area contributed by atoms with Gasteiger partial charge in [0.2, 0.25) is 0 Å². The van der Waals surface area contributed by atoms with E-state index in [1.54, 1.807) is 0 Å². The first-order valence-corrected chi connectivity index (χ1v) is 5.31. The van der Waals surface area contributed by atoms with E-state index in [-0.39, 0.29) is 11.2 Å². The second-order valence-corrected chi connectivity index (χ2v) is 5.11. The number of hydrogen-bond acceptors (Lipinski definition) is 2. The maximum absolute atomic E-state index is 12.1. The first-order valence-electron chi connectivity index (χ1n) is 5.31. The van der Waals surface area contributed by atoms with Gasteiger partial charge in [0.15, 0.2) is 5.78 Å². The predicted molar refractivity (Wildman–Crippen MR) is 66.5 cm³/mol. The van der Waals surface area contributed by atoms with E-state index >= 15 is 0 Å². The Hall–Kier alpha value is -1.77. The number of hydrogen-bond donors (Lipinski definition) is 2. The van der Waals surface area contributed by atoms with Crippen LogP contribution in [0.4, 0.5) is 5.69 Å². The fourth-order valence-corrected chi connectivity index (χ4v) is 1.68. The molecule has 16 heavy (non-hydrogen) atoms. The van der Waals surface area contributed by atoms with Gasteiger partial charge in [-0.25, -0.2) is 0 Å². The average molecular weight is 216 g/mol. The third kappa shape index (κ3) is 1.81. The number of anilines is 1. The zero-order chi connectivity index (χ0) is 11.9. The largest absolute Gasteiger partial charge is 0.399 e. The van der Waals surface area contributed by atoms with Crippen LogP contribution in [-0.2, 0) is 0 Å². The van der Waals surface area contributed by atoms with Crippen molar-refractivity contribution in [2.24, 2.45) is 5.41 Å². The molecule has 0 saturated heterocycles. The maximum atomic E-state index is 12.1. The smallest absolute Gasteiger partial charge is 0.184 e. The molecule has 0 aliphatic rings. The molecule has 3 heteroatoms. The number of aromatic amines is 1. The van der Waals surface area contributed by atoms with Crippen molar-refractivity contribution in [3.63, 3.8) is 0 Å². The standard InChI is InChI=1S/C13H16N2O/c1-13(2,3)12(16)11-7-8-6-9(14)4-5-10(8)15-11/h4-7,15H,14H2,1-3H3. The van der Waals surface area contributed by atoms with E-state index in [0.29, 0.717) is 11.4 Å². The Kier molecular flexibility index (Phi) is 2.26. The lowest BCUT2D eigenvalue weighted by Gasteiger charge is -2.14. The summed E-state index contributed by atoms with van der Waals surface area (Å²) in [6, 6.07) is 7.44. The molecule has 0 unspecified atom stereocenters. The molecule has 0 aliphatic carbocycles. The van der Waals surface area contributed by atoms with E-state index in [9.17, 15) is 4.79 Å². The molecule has 0 atom stereocenters. The Bertz CT molecular complexity index is 547. The second-order valence-electron chi connectivity index (χ2n) is 5.11. The molecule has 1 heterocycles. The highest BCUT2D eigenvalue weighted by Crippen LogP contribution is 2.24. The first kappa shape index (κ1) is 10.7. The Morgan fingerprint density at radius 3 is 2.56 bits per heavy atom. The van der Waals surface area contributed by atoms with Crippen molar-refractivity contribution < 1.29 is 4.79 Å². The lowest BCUT2D eigenvalue weighted by atomic mass is 9.89. The predicted octanol–water partition coefficient (Wildman–Crippen LogP) is 2.98. The second kappa shape index (κ2) is 3.37. The minimum Gasteiger partial charge on any atom is -0.399 e. The van der Waals surface area contributed by atoms with Crippen LogP contribution in [0.1, 0.15) is 31.3 Å². The lowest BCUT2D eigenvalue weighted by Crippen LogP contribution is -2.20. The van der Waals surface area contributed by atoms with Gasteiger partial charge in [0.25, 0.3) is 0 Å². The van der Waals surface area contributed by atoms with E-state index < -0.39 is 0 Å². The summed E-state index contributed by atoms with van der Waals surface area (Å²) in [6.07, 6.45) is 0.